The molecule has 0 fully saturated rings. The van der Waals surface area contributed by atoms with Crippen LogP contribution in [0.2, 0.25) is 0 Å². The maximum absolute atomic E-state index is 13.3. The van der Waals surface area contributed by atoms with Gasteiger partial charge in [0.05, 0.1) is 11.1 Å². The predicted octanol–water partition coefficient (Wildman–Crippen LogP) is 3.41. The summed E-state index contributed by atoms with van der Waals surface area (Å²) in [5, 5.41) is 7.55. The second-order valence-electron chi connectivity index (χ2n) is 3.27. The molecule has 1 aromatic carbocycles. The van der Waals surface area contributed by atoms with Crippen molar-refractivity contribution in [1.82, 2.24) is 10.2 Å². The van der Waals surface area contributed by atoms with Gasteiger partial charge in [0.1, 0.15) is 11.6 Å². The quantitative estimate of drug-likeness (QED) is 0.794. The number of nitrogens with zero attached hydrogens (tertiary/aromatic N) is 2. The van der Waals surface area contributed by atoms with Gasteiger partial charge >= 0.3 is 5.97 Å². The Morgan fingerprint density at radius 1 is 1.47 bits per heavy atom. The number of rotatable bonds is 4. The van der Waals surface area contributed by atoms with Crippen molar-refractivity contribution < 1.29 is 18.7 Å². The first kappa shape index (κ1) is 13.9. The fourth-order valence-electron chi connectivity index (χ4n) is 1.17. The fraction of sp³-hybridized carbons (Fsp3) is 0.182. The van der Waals surface area contributed by atoms with Crippen molar-refractivity contribution in [2.45, 2.75) is 6.92 Å². The van der Waals surface area contributed by atoms with Crippen LogP contribution in [-0.4, -0.2) is 22.8 Å². The fourth-order valence-corrected chi connectivity index (χ4v) is 2.02. The number of aromatic nitrogens is 2. The highest BCUT2D eigenvalue weighted by molar-refractivity contribution is 9.10. The van der Waals surface area contributed by atoms with Crippen molar-refractivity contribution in [2.75, 3.05) is 6.61 Å². The van der Waals surface area contributed by atoms with Crippen molar-refractivity contribution in [1.29, 1.82) is 0 Å². The van der Waals surface area contributed by atoms with Gasteiger partial charge in [-0.1, -0.05) is 5.10 Å². The molecule has 2 rings (SSSR count). The minimum Gasteiger partial charge on any atom is -0.461 e. The lowest BCUT2D eigenvalue weighted by atomic mass is 10.3. The highest BCUT2D eigenvalue weighted by atomic mass is 79.9. The molecule has 100 valence electrons. The molecule has 5 nitrogen and oxygen atoms in total. The first-order chi connectivity index (χ1) is 9.10. The number of halogens is 2. The van der Waals surface area contributed by atoms with Crippen LogP contribution in [0, 0.1) is 5.82 Å². The number of hydrogen-bond acceptors (Lipinski definition) is 6. The zero-order chi connectivity index (χ0) is 13.8. The van der Waals surface area contributed by atoms with Crippen molar-refractivity contribution in [2.24, 2.45) is 0 Å². The van der Waals surface area contributed by atoms with Crippen molar-refractivity contribution in [3.05, 3.63) is 33.5 Å². The molecular weight excluding hydrogens is 339 g/mol. The molecule has 2 aromatic rings. The van der Waals surface area contributed by atoms with E-state index in [1.165, 1.54) is 12.1 Å². The summed E-state index contributed by atoms with van der Waals surface area (Å²) in [6, 6.07) is 4.28. The maximum Gasteiger partial charge on any atom is 0.369 e. The molecule has 0 bridgehead atoms. The highest BCUT2D eigenvalue weighted by Crippen LogP contribution is 2.27. The van der Waals surface area contributed by atoms with E-state index >= 15 is 0 Å². The Balaban J connectivity index is 2.11. The topological polar surface area (TPSA) is 61.3 Å². The van der Waals surface area contributed by atoms with E-state index in [4.69, 9.17) is 9.47 Å². The number of esters is 1. The van der Waals surface area contributed by atoms with E-state index < -0.39 is 11.8 Å². The van der Waals surface area contributed by atoms with Gasteiger partial charge in [-0.3, -0.25) is 0 Å². The first-order valence-electron chi connectivity index (χ1n) is 5.23. The van der Waals surface area contributed by atoms with Crippen molar-refractivity contribution in [3.63, 3.8) is 0 Å². The Labute approximate surface area is 120 Å². The molecule has 0 aliphatic heterocycles. The van der Waals surface area contributed by atoms with E-state index in [-0.39, 0.29) is 22.6 Å². The molecule has 1 aromatic heterocycles. The van der Waals surface area contributed by atoms with E-state index in [0.29, 0.717) is 4.47 Å². The standard InChI is InChI=1S/C11H8BrFN2O3S/c1-2-17-10(16)9-14-15-11(19-9)18-6-3-4-7(12)8(13)5-6/h3-5H,2H2,1H3. The SMILES string of the molecule is CCOC(=O)c1nnc(Oc2ccc(Br)c(F)c2)s1. The molecule has 0 N–H and O–H groups in total. The summed E-state index contributed by atoms with van der Waals surface area (Å²) in [5.41, 5.74) is 0. The molecule has 0 saturated heterocycles. The molecule has 8 heteroatoms. The van der Waals surface area contributed by atoms with Crippen LogP contribution in [0.25, 0.3) is 0 Å². The van der Waals surface area contributed by atoms with Gasteiger partial charge in [0.15, 0.2) is 0 Å². The predicted molar refractivity (Wildman–Crippen MR) is 70.0 cm³/mol. The first-order valence-corrected chi connectivity index (χ1v) is 6.84. The number of carbonyl (C=O) groups excluding carboxylic acids is 1. The number of hydrogen-bond donors (Lipinski definition) is 0. The van der Waals surface area contributed by atoms with E-state index in [0.717, 1.165) is 11.3 Å². The van der Waals surface area contributed by atoms with Gasteiger partial charge in [-0.2, -0.15) is 0 Å². The molecular formula is C11H8BrFN2O3S. The molecule has 19 heavy (non-hydrogen) atoms. The highest BCUT2D eigenvalue weighted by Gasteiger charge is 2.15. The lowest BCUT2D eigenvalue weighted by molar-refractivity contribution is 0.0525. The minimum atomic E-state index is -0.558. The van der Waals surface area contributed by atoms with Crippen LogP contribution in [0.1, 0.15) is 16.7 Å². The number of ether oxygens (including phenoxy) is 2. The normalized spacial score (nSPS) is 10.3. The van der Waals surface area contributed by atoms with Gasteiger partial charge in [0, 0.05) is 6.07 Å². The minimum absolute atomic E-state index is 0.0921. The van der Waals surface area contributed by atoms with Crippen LogP contribution in [0.3, 0.4) is 0 Å². The summed E-state index contributed by atoms with van der Waals surface area (Å²) in [6.45, 7) is 1.95. The van der Waals surface area contributed by atoms with Gasteiger partial charge in [-0.05, 0) is 46.3 Å². The van der Waals surface area contributed by atoms with Gasteiger partial charge in [0.25, 0.3) is 5.19 Å². The third kappa shape index (κ3) is 3.48. The molecule has 0 unspecified atom stereocenters. The molecule has 0 spiro atoms. The zero-order valence-corrected chi connectivity index (χ0v) is 12.1. The molecule has 1 heterocycles. The summed E-state index contributed by atoms with van der Waals surface area (Å²) < 4.78 is 23.7. The Bertz CT molecular complexity index is 605. The average Bonchev–Trinajstić information content (AvgIpc) is 2.83. The second-order valence-corrected chi connectivity index (χ2v) is 5.07. The smallest absolute Gasteiger partial charge is 0.369 e. The summed E-state index contributed by atoms with van der Waals surface area (Å²) in [6.07, 6.45) is 0. The molecule has 0 aliphatic rings. The summed E-state index contributed by atoms with van der Waals surface area (Å²) in [5.74, 6) is -0.739. The molecule has 0 atom stereocenters. The Morgan fingerprint density at radius 3 is 2.95 bits per heavy atom. The monoisotopic (exact) mass is 346 g/mol. The third-order valence-corrected chi connectivity index (χ3v) is 3.38. The number of benzene rings is 1. The second kappa shape index (κ2) is 6.07. The van der Waals surface area contributed by atoms with Gasteiger partial charge in [0.2, 0.25) is 5.01 Å². The van der Waals surface area contributed by atoms with E-state index in [1.54, 1.807) is 13.0 Å². The van der Waals surface area contributed by atoms with Crippen LogP contribution < -0.4 is 4.74 Å². The molecule has 0 aliphatic carbocycles. The molecule has 0 radical (unpaired) electrons. The summed E-state index contributed by atoms with van der Waals surface area (Å²) in [7, 11) is 0. The van der Waals surface area contributed by atoms with Crippen LogP contribution >= 0.6 is 27.3 Å². The van der Waals surface area contributed by atoms with E-state index in [1.807, 2.05) is 0 Å². The third-order valence-electron chi connectivity index (χ3n) is 1.95. The van der Waals surface area contributed by atoms with Gasteiger partial charge in [-0.25, -0.2) is 9.18 Å². The molecule has 0 saturated carbocycles. The van der Waals surface area contributed by atoms with Crippen molar-refractivity contribution in [3.8, 4) is 10.9 Å². The van der Waals surface area contributed by atoms with E-state index in [2.05, 4.69) is 26.1 Å². The lowest BCUT2D eigenvalue weighted by Crippen LogP contribution is -2.03. The van der Waals surface area contributed by atoms with Gasteiger partial charge in [-0.15, -0.1) is 5.10 Å². The average molecular weight is 347 g/mol. The number of carbonyl (C=O) groups is 1. The van der Waals surface area contributed by atoms with Crippen LogP contribution in [0.15, 0.2) is 22.7 Å². The Kier molecular flexibility index (Phi) is 4.43. The van der Waals surface area contributed by atoms with Gasteiger partial charge < -0.3 is 9.47 Å². The van der Waals surface area contributed by atoms with Crippen LogP contribution in [-0.2, 0) is 4.74 Å². The summed E-state index contributed by atoms with van der Waals surface area (Å²) >= 11 is 3.97. The molecule has 0 amide bonds. The van der Waals surface area contributed by atoms with Crippen molar-refractivity contribution >= 4 is 33.2 Å². The lowest BCUT2D eigenvalue weighted by Gasteiger charge is -2.01. The van der Waals surface area contributed by atoms with E-state index in [9.17, 15) is 9.18 Å². The largest absolute Gasteiger partial charge is 0.461 e. The zero-order valence-electron chi connectivity index (χ0n) is 9.72. The van der Waals surface area contributed by atoms with Crippen LogP contribution in [0.4, 0.5) is 4.39 Å². The Hall–Kier alpha value is -1.54. The van der Waals surface area contributed by atoms with Crippen LogP contribution in [0.5, 0.6) is 10.9 Å². The Morgan fingerprint density at radius 2 is 2.26 bits per heavy atom. The summed E-state index contributed by atoms with van der Waals surface area (Å²) in [4.78, 5) is 11.4. The maximum atomic E-state index is 13.3.